The van der Waals surface area contributed by atoms with Crippen molar-refractivity contribution in [1.82, 2.24) is 0 Å². The van der Waals surface area contributed by atoms with E-state index in [4.69, 9.17) is 35.0 Å². The van der Waals surface area contributed by atoms with Crippen LogP contribution in [0.15, 0.2) is 0 Å². The molecule has 0 aromatic rings. The SMILES string of the molecule is O=S(=O)(O)O.O=S(=O)(O)O.[AlH3].[KH]. The summed E-state index contributed by atoms with van der Waals surface area (Å²) in [5.41, 5.74) is 0. The first-order valence-corrected chi connectivity index (χ1v) is 4.19. The van der Waals surface area contributed by atoms with Gasteiger partial charge in [-0.25, -0.2) is 0 Å². The molecule has 8 nitrogen and oxygen atoms in total. The van der Waals surface area contributed by atoms with Gasteiger partial charge in [0.25, 0.3) is 0 Å². The molecule has 0 heterocycles. The van der Waals surface area contributed by atoms with Crippen LogP contribution in [0.2, 0.25) is 0 Å². The van der Waals surface area contributed by atoms with E-state index >= 15 is 0 Å². The van der Waals surface area contributed by atoms with Crippen LogP contribution >= 0.6 is 0 Å². The van der Waals surface area contributed by atoms with E-state index < -0.39 is 20.8 Å². The molecule has 12 heteroatoms. The molecule has 0 aromatic heterocycles. The van der Waals surface area contributed by atoms with Crippen LogP contribution in [0.5, 0.6) is 0 Å². The first-order valence-electron chi connectivity index (χ1n) is 1.40. The second kappa shape index (κ2) is 9.46. The van der Waals surface area contributed by atoms with E-state index in [1.807, 2.05) is 0 Å². The quantitative estimate of drug-likeness (QED) is 0.265. The van der Waals surface area contributed by atoms with Crippen LogP contribution in [0.3, 0.4) is 0 Å². The van der Waals surface area contributed by atoms with Crippen molar-refractivity contribution in [2.45, 2.75) is 0 Å². The molecular weight excluding hydrogens is 258 g/mol. The summed E-state index contributed by atoms with van der Waals surface area (Å²) in [7, 11) is -9.33. The van der Waals surface area contributed by atoms with E-state index in [-0.39, 0.29) is 68.7 Å². The molecule has 0 saturated heterocycles. The van der Waals surface area contributed by atoms with Crippen LogP contribution in [0.1, 0.15) is 0 Å². The third-order valence-corrected chi connectivity index (χ3v) is 0. The summed E-state index contributed by atoms with van der Waals surface area (Å²) >= 11 is 0. The van der Waals surface area contributed by atoms with E-state index in [9.17, 15) is 0 Å². The van der Waals surface area contributed by atoms with Gasteiger partial charge >= 0.3 is 72.2 Å². The summed E-state index contributed by atoms with van der Waals surface area (Å²) in [5.74, 6) is 0. The summed E-state index contributed by atoms with van der Waals surface area (Å²) in [4.78, 5) is 0. The molecule has 4 N–H and O–H groups in total. The summed E-state index contributed by atoms with van der Waals surface area (Å²) in [6, 6.07) is 0. The third-order valence-electron chi connectivity index (χ3n) is 0. The van der Waals surface area contributed by atoms with Gasteiger partial charge in [0.1, 0.15) is 0 Å². The molecule has 0 saturated carbocycles. The van der Waals surface area contributed by atoms with E-state index in [2.05, 4.69) is 0 Å². The van der Waals surface area contributed by atoms with Gasteiger partial charge in [0.2, 0.25) is 0 Å². The van der Waals surface area contributed by atoms with Crippen molar-refractivity contribution in [2.75, 3.05) is 0 Å². The average Bonchev–Trinajstić information content (AvgIpc) is 1.12. The Kier molecular flexibility index (Phi) is 18.6. The topological polar surface area (TPSA) is 149 Å². The van der Waals surface area contributed by atoms with E-state index in [0.29, 0.717) is 0 Å². The number of hydrogen-bond acceptors (Lipinski definition) is 4. The van der Waals surface area contributed by atoms with Gasteiger partial charge in [-0.05, 0) is 0 Å². The van der Waals surface area contributed by atoms with Gasteiger partial charge < -0.3 is 0 Å². The molecule has 0 atom stereocenters. The normalized spacial score (nSPS) is 9.67. The standard InChI is InChI=1S/Al.K.2H2O4S.4H/c;;2*1-5(2,3)4;;;;/h;;2*(H2,1,2,3,4);;;;. The molecule has 0 spiro atoms. The second-order valence-corrected chi connectivity index (χ2v) is 2.69. The molecule has 0 aliphatic rings. The summed E-state index contributed by atoms with van der Waals surface area (Å²) < 4.78 is 63.2. The van der Waals surface area contributed by atoms with Gasteiger partial charge in [0.15, 0.2) is 17.4 Å². The molecule has 0 aliphatic heterocycles. The Balaban J connectivity index is -0.0000000457. The van der Waals surface area contributed by atoms with Crippen molar-refractivity contribution >= 4 is 89.5 Å². The Morgan fingerprint density at radius 2 is 0.667 bits per heavy atom. The van der Waals surface area contributed by atoms with Gasteiger partial charge in [0.05, 0.1) is 0 Å². The fourth-order valence-electron chi connectivity index (χ4n) is 0. The second-order valence-electron chi connectivity index (χ2n) is 0.896. The minimum atomic E-state index is -4.67. The molecule has 0 fully saturated rings. The molecule has 0 unspecified atom stereocenters. The van der Waals surface area contributed by atoms with E-state index in [1.54, 1.807) is 0 Å². The van der Waals surface area contributed by atoms with Crippen molar-refractivity contribution < 1.29 is 35.0 Å². The molecule has 72 valence electrons. The monoisotopic (exact) mass is 266 g/mol. The maximum absolute atomic E-state index is 8.74. The first-order chi connectivity index (χ1) is 4.00. The average molecular weight is 266 g/mol. The van der Waals surface area contributed by atoms with Gasteiger partial charge in [-0.15, -0.1) is 0 Å². The first kappa shape index (κ1) is 23.6. The Labute approximate surface area is 122 Å². The molecule has 0 aliphatic carbocycles. The predicted octanol–water partition coefficient (Wildman–Crippen LogP) is -3.14. The van der Waals surface area contributed by atoms with Gasteiger partial charge in [0, 0.05) is 0 Å². The van der Waals surface area contributed by atoms with Gasteiger partial charge in [-0.3, -0.25) is 18.2 Å². The van der Waals surface area contributed by atoms with Gasteiger partial charge in [-0.2, -0.15) is 16.8 Å². The maximum atomic E-state index is 8.74. The van der Waals surface area contributed by atoms with Crippen LogP contribution in [-0.4, -0.2) is 104 Å². The van der Waals surface area contributed by atoms with Crippen molar-refractivity contribution in [3.63, 3.8) is 0 Å². The van der Waals surface area contributed by atoms with Crippen molar-refractivity contribution in [2.24, 2.45) is 0 Å². The zero-order valence-corrected chi connectivity index (χ0v) is 5.87. The third kappa shape index (κ3) is 389. The van der Waals surface area contributed by atoms with Crippen molar-refractivity contribution in [3.8, 4) is 0 Å². The predicted molar refractivity (Wildman–Crippen MR) is 45.4 cm³/mol. The van der Waals surface area contributed by atoms with E-state index in [0.717, 1.165) is 0 Å². The summed E-state index contributed by atoms with van der Waals surface area (Å²) in [6.07, 6.45) is 0. The van der Waals surface area contributed by atoms with Crippen LogP contribution in [-0.2, 0) is 20.8 Å². The zero-order valence-electron chi connectivity index (χ0n) is 4.24. The zero-order chi connectivity index (χ0) is 9.00. The fourth-order valence-corrected chi connectivity index (χ4v) is 0. The fraction of sp³-hybridized carbons (Fsp3) is 0. The van der Waals surface area contributed by atoms with Crippen LogP contribution in [0.4, 0.5) is 0 Å². The summed E-state index contributed by atoms with van der Waals surface area (Å²) in [5, 5.41) is 0. The van der Waals surface area contributed by atoms with Crippen molar-refractivity contribution in [1.29, 1.82) is 0 Å². The Morgan fingerprint density at radius 1 is 0.667 bits per heavy atom. The molecule has 0 rings (SSSR count). The van der Waals surface area contributed by atoms with E-state index in [1.165, 1.54) is 0 Å². The van der Waals surface area contributed by atoms with Crippen LogP contribution in [0, 0.1) is 0 Å². The molecule has 0 amide bonds. The Morgan fingerprint density at radius 3 is 0.667 bits per heavy atom. The van der Waals surface area contributed by atoms with Gasteiger partial charge in [-0.1, -0.05) is 0 Å². The molecule has 0 radical (unpaired) electrons. The summed E-state index contributed by atoms with van der Waals surface area (Å²) in [6.45, 7) is 0. The Bertz CT molecular complexity index is 213. The molecule has 0 aromatic carbocycles. The van der Waals surface area contributed by atoms with Crippen molar-refractivity contribution in [3.05, 3.63) is 0 Å². The van der Waals surface area contributed by atoms with Crippen LogP contribution < -0.4 is 0 Å². The molecular formula is H8AlKO8S2. The minimum absolute atomic E-state index is 0. The molecule has 0 bridgehead atoms. The molecule has 12 heavy (non-hydrogen) atoms. The number of hydrogen-bond donors (Lipinski definition) is 4. The Hall–Kier alpha value is 1.91. The number of rotatable bonds is 0. The van der Waals surface area contributed by atoms with Crippen LogP contribution in [0.25, 0.3) is 0 Å².